The van der Waals surface area contributed by atoms with Gasteiger partial charge in [0, 0.05) is 48.4 Å². The van der Waals surface area contributed by atoms with E-state index in [2.05, 4.69) is 45.4 Å². The Morgan fingerprint density at radius 2 is 1.85 bits per heavy atom. The second-order valence-corrected chi connectivity index (χ2v) is 9.51. The minimum absolute atomic E-state index is 0.0866. The first-order chi connectivity index (χ1) is 16.0. The Balaban J connectivity index is 1.42. The number of anilines is 3. The van der Waals surface area contributed by atoms with Crippen LogP contribution in [0.3, 0.4) is 0 Å². The number of aryl methyl sites for hydroxylation is 1. The Labute approximate surface area is 194 Å². The molecule has 0 bridgehead atoms. The summed E-state index contributed by atoms with van der Waals surface area (Å²) in [7, 11) is 0. The van der Waals surface area contributed by atoms with Gasteiger partial charge in [0.05, 0.1) is 11.9 Å². The van der Waals surface area contributed by atoms with Crippen LogP contribution in [0.5, 0.6) is 0 Å². The number of nitrogens with one attached hydrogen (secondary N) is 2. The first-order valence-corrected chi connectivity index (χ1v) is 12.2. The van der Waals surface area contributed by atoms with Crippen LogP contribution >= 0.6 is 0 Å². The van der Waals surface area contributed by atoms with E-state index in [0.717, 1.165) is 55.4 Å². The van der Waals surface area contributed by atoms with Crippen molar-refractivity contribution in [2.75, 3.05) is 23.3 Å². The molecule has 8 nitrogen and oxygen atoms in total. The summed E-state index contributed by atoms with van der Waals surface area (Å²) in [4.78, 5) is 29.4. The highest BCUT2D eigenvalue weighted by atomic mass is 16.1. The number of fused-ring (bicyclic) bond motifs is 1. The summed E-state index contributed by atoms with van der Waals surface area (Å²) in [6, 6.07) is 7.10. The van der Waals surface area contributed by atoms with Gasteiger partial charge in [-0.25, -0.2) is 9.97 Å². The zero-order valence-electron chi connectivity index (χ0n) is 19.7. The molecule has 2 aliphatic rings. The number of pyridine rings is 2. The van der Waals surface area contributed by atoms with E-state index >= 15 is 0 Å². The Bertz CT molecular complexity index is 1170. The molecular formula is C25H33N7O. The molecule has 1 aliphatic heterocycles. The molecule has 8 heteroatoms. The molecule has 1 aliphatic carbocycles. The molecule has 2 fully saturated rings. The average molecular weight is 448 g/mol. The highest BCUT2D eigenvalue weighted by molar-refractivity contribution is 5.76. The Kier molecular flexibility index (Phi) is 6.01. The fraction of sp³-hybridized carbons (Fsp3) is 0.520. The van der Waals surface area contributed by atoms with Crippen LogP contribution in [0.1, 0.15) is 58.1 Å². The molecule has 2 atom stereocenters. The summed E-state index contributed by atoms with van der Waals surface area (Å²) in [6.07, 6.45) is 8.80. The van der Waals surface area contributed by atoms with E-state index in [1.807, 2.05) is 36.0 Å². The highest BCUT2D eigenvalue weighted by Crippen LogP contribution is 2.31. The van der Waals surface area contributed by atoms with Gasteiger partial charge in [0.2, 0.25) is 5.95 Å². The number of hydrogen-bond acceptors (Lipinski definition) is 7. The molecule has 3 aromatic rings. The molecule has 2 N–H and O–H groups in total. The van der Waals surface area contributed by atoms with Crippen LogP contribution in [-0.2, 0) is 6.42 Å². The molecule has 1 saturated carbocycles. The smallest absolute Gasteiger partial charge is 0.255 e. The van der Waals surface area contributed by atoms with Gasteiger partial charge >= 0.3 is 0 Å². The van der Waals surface area contributed by atoms with Crippen molar-refractivity contribution < 1.29 is 0 Å². The van der Waals surface area contributed by atoms with Crippen molar-refractivity contribution in [3.8, 4) is 0 Å². The van der Waals surface area contributed by atoms with Crippen molar-refractivity contribution in [2.24, 2.45) is 0 Å². The lowest BCUT2D eigenvalue weighted by Crippen LogP contribution is -2.54. The molecule has 3 aromatic heterocycles. The van der Waals surface area contributed by atoms with Gasteiger partial charge < -0.3 is 15.5 Å². The molecule has 0 amide bonds. The fourth-order valence-corrected chi connectivity index (χ4v) is 5.29. The maximum atomic E-state index is 13.2. The van der Waals surface area contributed by atoms with E-state index in [9.17, 15) is 4.79 Å². The number of hydrogen-bond donors (Lipinski definition) is 2. The van der Waals surface area contributed by atoms with Gasteiger partial charge in [0.15, 0.2) is 0 Å². The van der Waals surface area contributed by atoms with Gasteiger partial charge in [-0.05, 0) is 51.3 Å². The van der Waals surface area contributed by atoms with Crippen molar-refractivity contribution in [2.45, 2.75) is 71.0 Å². The predicted octanol–water partition coefficient (Wildman–Crippen LogP) is 3.79. The zero-order chi connectivity index (χ0) is 22.9. The van der Waals surface area contributed by atoms with Crippen LogP contribution in [0.15, 0.2) is 35.4 Å². The monoisotopic (exact) mass is 447 g/mol. The third-order valence-corrected chi connectivity index (χ3v) is 6.83. The average Bonchev–Trinajstić information content (AvgIpc) is 3.33. The van der Waals surface area contributed by atoms with E-state index < -0.39 is 0 Å². The quantitative estimate of drug-likeness (QED) is 0.615. The predicted molar refractivity (Wildman–Crippen MR) is 132 cm³/mol. The zero-order valence-corrected chi connectivity index (χ0v) is 19.7. The summed E-state index contributed by atoms with van der Waals surface area (Å²) < 4.78 is 1.91. The van der Waals surface area contributed by atoms with Gasteiger partial charge in [0.1, 0.15) is 11.5 Å². The maximum Gasteiger partial charge on any atom is 0.255 e. The van der Waals surface area contributed by atoms with Gasteiger partial charge in [-0.3, -0.25) is 9.36 Å². The van der Waals surface area contributed by atoms with E-state index in [4.69, 9.17) is 4.98 Å². The summed E-state index contributed by atoms with van der Waals surface area (Å²) in [5.41, 5.74) is 2.74. The van der Waals surface area contributed by atoms with E-state index in [0.29, 0.717) is 35.9 Å². The lowest BCUT2D eigenvalue weighted by atomic mass is 10.1. The van der Waals surface area contributed by atoms with Gasteiger partial charge in [-0.2, -0.15) is 4.98 Å². The lowest BCUT2D eigenvalue weighted by molar-refractivity contribution is 0.407. The normalized spacial score (nSPS) is 21.6. The third kappa shape index (κ3) is 4.44. The standard InChI is InChI=1S/C25H33N7O/c1-4-18-11-19-12-27-25(30-23(19)32(24(18)33)20-7-5-6-8-20)29-22-10-9-21(13-26-22)31-14-16(2)28-17(3)15-31/h9-13,16-17,20,28H,4-8,14-15H2,1-3H3,(H,26,27,29,30). The number of nitrogens with zero attached hydrogens (tertiary/aromatic N) is 5. The van der Waals surface area contributed by atoms with E-state index in [1.54, 1.807) is 0 Å². The first-order valence-electron chi connectivity index (χ1n) is 12.2. The van der Waals surface area contributed by atoms with E-state index in [1.165, 1.54) is 0 Å². The number of rotatable bonds is 5. The molecule has 4 heterocycles. The van der Waals surface area contributed by atoms with Crippen molar-refractivity contribution in [3.63, 3.8) is 0 Å². The molecule has 0 aromatic carbocycles. The number of piperazine rings is 1. The van der Waals surface area contributed by atoms with E-state index in [-0.39, 0.29) is 11.6 Å². The SMILES string of the molecule is CCc1cc2cnc(Nc3ccc(N4CC(C)NC(C)C4)cn3)nc2n(C2CCCC2)c1=O. The topological polar surface area (TPSA) is 88.0 Å². The molecule has 0 radical (unpaired) electrons. The Hall–Kier alpha value is -3.00. The largest absolute Gasteiger partial charge is 0.367 e. The minimum Gasteiger partial charge on any atom is -0.367 e. The third-order valence-electron chi connectivity index (χ3n) is 6.83. The summed E-state index contributed by atoms with van der Waals surface area (Å²) in [6.45, 7) is 8.36. The van der Waals surface area contributed by atoms with Crippen molar-refractivity contribution in [1.82, 2.24) is 24.8 Å². The van der Waals surface area contributed by atoms with Crippen molar-refractivity contribution in [3.05, 3.63) is 46.5 Å². The first kappa shape index (κ1) is 21.8. The second-order valence-electron chi connectivity index (χ2n) is 9.51. The van der Waals surface area contributed by atoms with Gasteiger partial charge in [0.25, 0.3) is 5.56 Å². The minimum atomic E-state index is 0.0866. The Morgan fingerprint density at radius 1 is 1.09 bits per heavy atom. The van der Waals surface area contributed by atoms with Crippen LogP contribution in [0.2, 0.25) is 0 Å². The van der Waals surface area contributed by atoms with Crippen molar-refractivity contribution >= 4 is 28.5 Å². The lowest BCUT2D eigenvalue weighted by Gasteiger charge is -2.37. The summed E-state index contributed by atoms with van der Waals surface area (Å²) >= 11 is 0. The summed E-state index contributed by atoms with van der Waals surface area (Å²) in [5, 5.41) is 7.70. The van der Waals surface area contributed by atoms with Gasteiger partial charge in [-0.15, -0.1) is 0 Å². The van der Waals surface area contributed by atoms with Crippen LogP contribution < -0.4 is 21.1 Å². The molecule has 33 heavy (non-hydrogen) atoms. The summed E-state index contributed by atoms with van der Waals surface area (Å²) in [5.74, 6) is 1.15. The van der Waals surface area contributed by atoms with Crippen molar-refractivity contribution in [1.29, 1.82) is 0 Å². The molecule has 2 unspecified atom stereocenters. The number of aromatic nitrogens is 4. The fourth-order valence-electron chi connectivity index (χ4n) is 5.29. The second kappa shape index (κ2) is 9.09. The highest BCUT2D eigenvalue weighted by Gasteiger charge is 2.23. The van der Waals surface area contributed by atoms with Crippen LogP contribution in [0, 0.1) is 0 Å². The maximum absolute atomic E-state index is 13.2. The Morgan fingerprint density at radius 3 is 2.52 bits per heavy atom. The molecule has 1 saturated heterocycles. The van der Waals surface area contributed by atoms with Crippen LogP contribution in [-0.4, -0.2) is 44.7 Å². The van der Waals surface area contributed by atoms with Crippen LogP contribution in [0.4, 0.5) is 17.5 Å². The molecular weight excluding hydrogens is 414 g/mol. The van der Waals surface area contributed by atoms with Crippen LogP contribution in [0.25, 0.3) is 11.0 Å². The van der Waals surface area contributed by atoms with Gasteiger partial charge in [-0.1, -0.05) is 19.8 Å². The molecule has 174 valence electrons. The molecule has 0 spiro atoms. The molecule has 5 rings (SSSR count).